The normalized spacial score (nSPS) is 12.5. The Morgan fingerprint density at radius 2 is 0.533 bits per heavy atom. The van der Waals surface area contributed by atoms with Crippen molar-refractivity contribution in [3.8, 4) is 0 Å². The van der Waals surface area contributed by atoms with Crippen LogP contribution < -0.4 is 0 Å². The van der Waals surface area contributed by atoms with E-state index in [2.05, 4.69) is 93.7 Å². The number of rotatable bonds is 59. The predicted octanol–water partition coefficient (Wildman–Crippen LogP) is 22.1. The first-order chi connectivity index (χ1) is 37.0. The van der Waals surface area contributed by atoms with Crippen molar-refractivity contribution < 1.29 is 28.6 Å². The summed E-state index contributed by atoms with van der Waals surface area (Å²) in [6.45, 7) is 6.50. The van der Waals surface area contributed by atoms with Crippen molar-refractivity contribution in [2.45, 2.75) is 335 Å². The van der Waals surface area contributed by atoms with Gasteiger partial charge in [0.1, 0.15) is 13.2 Å². The van der Waals surface area contributed by atoms with Crippen molar-refractivity contribution in [1.29, 1.82) is 0 Å². The molecule has 0 heterocycles. The Bertz CT molecular complexity index is 1390. The fourth-order valence-electron chi connectivity index (χ4n) is 9.36. The van der Waals surface area contributed by atoms with Gasteiger partial charge in [-0.15, -0.1) is 0 Å². The molecule has 0 aromatic carbocycles. The zero-order chi connectivity index (χ0) is 54.3. The van der Waals surface area contributed by atoms with Gasteiger partial charge in [0.2, 0.25) is 0 Å². The minimum atomic E-state index is -0.808. The molecule has 0 aliphatic rings. The molecule has 434 valence electrons. The highest BCUT2D eigenvalue weighted by molar-refractivity contribution is 5.71. The lowest BCUT2D eigenvalue weighted by molar-refractivity contribution is -0.167. The summed E-state index contributed by atoms with van der Waals surface area (Å²) >= 11 is 0. The molecule has 0 spiro atoms. The largest absolute Gasteiger partial charge is 0.462 e. The molecule has 0 N–H and O–H groups in total. The first-order valence-electron chi connectivity index (χ1n) is 32.4. The van der Waals surface area contributed by atoms with Crippen LogP contribution in [0.15, 0.2) is 72.9 Å². The molecule has 6 heteroatoms. The summed E-state index contributed by atoms with van der Waals surface area (Å²) in [7, 11) is 0. The number of ether oxygens (including phenoxy) is 3. The molecule has 0 radical (unpaired) electrons. The van der Waals surface area contributed by atoms with Gasteiger partial charge >= 0.3 is 17.9 Å². The van der Waals surface area contributed by atoms with E-state index in [0.717, 1.165) is 83.5 Å². The van der Waals surface area contributed by atoms with Gasteiger partial charge in [-0.1, -0.05) is 299 Å². The quantitative estimate of drug-likeness (QED) is 0.0261. The van der Waals surface area contributed by atoms with Gasteiger partial charge in [-0.05, 0) is 83.5 Å². The van der Waals surface area contributed by atoms with Gasteiger partial charge in [0, 0.05) is 19.3 Å². The van der Waals surface area contributed by atoms with E-state index in [9.17, 15) is 14.4 Å². The number of carbonyl (C=O) groups is 3. The maximum atomic E-state index is 12.9. The van der Waals surface area contributed by atoms with Gasteiger partial charge in [0.25, 0.3) is 0 Å². The minimum Gasteiger partial charge on any atom is -0.462 e. The van der Waals surface area contributed by atoms with E-state index in [1.165, 1.54) is 199 Å². The van der Waals surface area contributed by atoms with Gasteiger partial charge in [0.05, 0.1) is 0 Å². The van der Waals surface area contributed by atoms with E-state index in [1.54, 1.807) is 0 Å². The van der Waals surface area contributed by atoms with Crippen LogP contribution in [0.1, 0.15) is 329 Å². The molecule has 1 atom stereocenters. The van der Waals surface area contributed by atoms with E-state index in [-0.39, 0.29) is 37.5 Å². The predicted molar refractivity (Wildman–Crippen MR) is 325 cm³/mol. The monoisotopic (exact) mass is 1050 g/mol. The van der Waals surface area contributed by atoms with Crippen LogP contribution in [0.2, 0.25) is 0 Å². The molecule has 0 aromatic heterocycles. The second-order valence-corrected chi connectivity index (χ2v) is 21.6. The average Bonchev–Trinajstić information content (AvgIpc) is 3.41. The zero-order valence-electron chi connectivity index (χ0n) is 49.8. The maximum Gasteiger partial charge on any atom is 0.306 e. The molecule has 1 unspecified atom stereocenters. The van der Waals surface area contributed by atoms with Crippen LogP contribution in [-0.2, 0) is 28.6 Å². The smallest absolute Gasteiger partial charge is 0.306 e. The van der Waals surface area contributed by atoms with Crippen LogP contribution in [0.5, 0.6) is 0 Å². The molecule has 0 aromatic rings. The summed E-state index contributed by atoms with van der Waals surface area (Å²) in [4.78, 5) is 38.2. The Hall–Kier alpha value is -3.15. The molecule has 0 rings (SSSR count). The van der Waals surface area contributed by atoms with Gasteiger partial charge in [-0.25, -0.2) is 0 Å². The molecule has 0 amide bonds. The SMILES string of the molecule is CC/C=C\C/C=C\C/C=C\C/C=C\C/C=C\CCCC(=O)OC(COC(=O)CCCCCCC/C=C\CCCCCC)COC(=O)CCCCCCCCCCCCCCCCCCCCCCCCCCCCC. The summed E-state index contributed by atoms with van der Waals surface area (Å²) in [5, 5.41) is 0. The number of esters is 3. The summed E-state index contributed by atoms with van der Waals surface area (Å²) in [6, 6.07) is 0. The Labute approximate surface area is 465 Å². The molecular formula is C69H122O6. The van der Waals surface area contributed by atoms with Crippen molar-refractivity contribution in [3.63, 3.8) is 0 Å². The maximum absolute atomic E-state index is 12.9. The number of hydrogen-bond donors (Lipinski definition) is 0. The van der Waals surface area contributed by atoms with Crippen LogP contribution in [0, 0.1) is 0 Å². The first kappa shape index (κ1) is 71.8. The molecule has 0 aliphatic heterocycles. The molecule has 0 aliphatic carbocycles. The Balaban J connectivity index is 4.28. The molecule has 6 nitrogen and oxygen atoms in total. The Morgan fingerprint density at radius 3 is 0.880 bits per heavy atom. The summed E-state index contributed by atoms with van der Waals surface area (Å²) in [6.07, 6.45) is 82.2. The lowest BCUT2D eigenvalue weighted by Gasteiger charge is -2.18. The summed E-state index contributed by atoms with van der Waals surface area (Å²) < 4.78 is 16.9. The standard InChI is InChI=1S/C69H122O6/c1-4-7-10-13-16-19-22-25-27-29-30-31-32-33-34-35-36-37-38-40-41-44-47-50-53-56-59-62-68(71)74-65-66(64-73-67(70)61-58-55-52-49-46-43-24-21-18-15-12-9-6-3)75-69(72)63-60-57-54-51-48-45-42-39-28-26-23-20-17-14-11-8-5-2/h8,11,17,20-21,24,26,28,42,45,51,54,66H,4-7,9-10,12-16,18-19,22-23,25,27,29-41,43-44,46-50,52-53,55-65H2,1-3H3/b11-8-,20-17-,24-21-,28-26-,45-42-,54-51-. The van der Waals surface area contributed by atoms with Crippen LogP contribution in [0.4, 0.5) is 0 Å². The van der Waals surface area contributed by atoms with E-state index < -0.39 is 6.10 Å². The van der Waals surface area contributed by atoms with Crippen LogP contribution in [0.3, 0.4) is 0 Å². The number of allylic oxidation sites excluding steroid dienone is 12. The van der Waals surface area contributed by atoms with Gasteiger partial charge in [-0.2, -0.15) is 0 Å². The Morgan fingerprint density at radius 1 is 0.280 bits per heavy atom. The third kappa shape index (κ3) is 61.6. The summed E-state index contributed by atoms with van der Waals surface area (Å²) in [5.41, 5.74) is 0. The second kappa shape index (κ2) is 63.4. The molecule has 0 saturated carbocycles. The molecule has 0 fully saturated rings. The van der Waals surface area contributed by atoms with E-state index in [4.69, 9.17) is 14.2 Å². The topological polar surface area (TPSA) is 78.9 Å². The highest BCUT2D eigenvalue weighted by atomic mass is 16.6. The van der Waals surface area contributed by atoms with Gasteiger partial charge in [0.15, 0.2) is 6.10 Å². The van der Waals surface area contributed by atoms with Crippen molar-refractivity contribution in [3.05, 3.63) is 72.9 Å². The van der Waals surface area contributed by atoms with Gasteiger partial charge < -0.3 is 14.2 Å². The second-order valence-electron chi connectivity index (χ2n) is 21.6. The lowest BCUT2D eigenvalue weighted by atomic mass is 10.0. The van der Waals surface area contributed by atoms with Crippen LogP contribution in [0.25, 0.3) is 0 Å². The number of unbranched alkanes of at least 4 members (excludes halogenated alkanes) is 36. The minimum absolute atomic E-state index is 0.0979. The molecule has 0 saturated heterocycles. The first-order valence-corrected chi connectivity index (χ1v) is 32.4. The molecular weight excluding hydrogens is 925 g/mol. The molecule has 75 heavy (non-hydrogen) atoms. The van der Waals surface area contributed by atoms with Crippen molar-refractivity contribution in [1.82, 2.24) is 0 Å². The fraction of sp³-hybridized carbons (Fsp3) is 0.783. The van der Waals surface area contributed by atoms with Crippen molar-refractivity contribution in [2.75, 3.05) is 13.2 Å². The van der Waals surface area contributed by atoms with Crippen molar-refractivity contribution >= 4 is 17.9 Å². The third-order valence-corrected chi connectivity index (χ3v) is 14.2. The third-order valence-electron chi connectivity index (χ3n) is 14.2. The number of hydrogen-bond acceptors (Lipinski definition) is 6. The van der Waals surface area contributed by atoms with E-state index >= 15 is 0 Å². The Kier molecular flexibility index (Phi) is 60.7. The highest BCUT2D eigenvalue weighted by Gasteiger charge is 2.19. The van der Waals surface area contributed by atoms with Crippen LogP contribution in [-0.4, -0.2) is 37.2 Å². The highest BCUT2D eigenvalue weighted by Crippen LogP contribution is 2.17. The zero-order valence-corrected chi connectivity index (χ0v) is 49.8. The molecule has 0 bridgehead atoms. The van der Waals surface area contributed by atoms with E-state index in [0.29, 0.717) is 19.3 Å². The van der Waals surface area contributed by atoms with E-state index in [1.807, 2.05) is 0 Å². The average molecular weight is 1050 g/mol. The number of carbonyl (C=O) groups excluding carboxylic acids is 3. The lowest BCUT2D eigenvalue weighted by Crippen LogP contribution is -2.30. The summed E-state index contributed by atoms with van der Waals surface area (Å²) in [5.74, 6) is -0.952. The van der Waals surface area contributed by atoms with Gasteiger partial charge in [-0.3, -0.25) is 14.4 Å². The fourth-order valence-corrected chi connectivity index (χ4v) is 9.36. The van der Waals surface area contributed by atoms with Crippen molar-refractivity contribution in [2.24, 2.45) is 0 Å². The van der Waals surface area contributed by atoms with Crippen LogP contribution >= 0.6 is 0 Å².